The summed E-state index contributed by atoms with van der Waals surface area (Å²) in [5, 5.41) is 11.9. The summed E-state index contributed by atoms with van der Waals surface area (Å²) in [5.41, 5.74) is -0.810. The molecule has 4 atom stereocenters. The monoisotopic (exact) mass is 566 g/mol. The summed E-state index contributed by atoms with van der Waals surface area (Å²) >= 11 is 0. The van der Waals surface area contributed by atoms with E-state index in [2.05, 4.69) is 40.4 Å². The third kappa shape index (κ3) is 9.49. The highest BCUT2D eigenvalue weighted by molar-refractivity contribution is 6.74. The molecule has 1 saturated carbocycles. The van der Waals surface area contributed by atoms with E-state index >= 15 is 0 Å². The molecule has 1 rings (SSSR count). The van der Waals surface area contributed by atoms with Crippen LogP contribution in [0.15, 0.2) is 36.0 Å². The Morgan fingerprint density at radius 2 is 1.79 bits per heavy atom. The lowest BCUT2D eigenvalue weighted by Crippen LogP contribution is -2.60. The number of hydrogen-bond donors (Lipinski definition) is 1. The van der Waals surface area contributed by atoms with Crippen LogP contribution >= 0.6 is 0 Å². The Kier molecular flexibility index (Phi) is 13.0. The third-order valence-electron chi connectivity index (χ3n) is 8.26. The smallest absolute Gasteiger partial charge is 0.313 e. The van der Waals surface area contributed by atoms with Crippen LogP contribution in [0.4, 0.5) is 0 Å². The normalized spacial score (nSPS) is 25.1. The van der Waals surface area contributed by atoms with E-state index in [4.69, 9.17) is 18.6 Å². The molecule has 0 radical (unpaired) electrons. The molecule has 0 aromatic carbocycles. The zero-order valence-corrected chi connectivity index (χ0v) is 27.3. The van der Waals surface area contributed by atoms with Gasteiger partial charge in [0, 0.05) is 24.9 Å². The second-order valence-electron chi connectivity index (χ2n) is 12.7. The van der Waals surface area contributed by atoms with Crippen molar-refractivity contribution in [1.82, 2.24) is 0 Å². The molecule has 0 bridgehead atoms. The molecule has 0 aliphatic heterocycles. The van der Waals surface area contributed by atoms with Crippen LogP contribution < -0.4 is 0 Å². The summed E-state index contributed by atoms with van der Waals surface area (Å²) in [7, 11) is -2.26. The van der Waals surface area contributed by atoms with Crippen LogP contribution in [0, 0.1) is 11.3 Å². The van der Waals surface area contributed by atoms with Crippen LogP contribution in [0.25, 0.3) is 0 Å². The number of aliphatic hydroxyl groups is 1. The number of carbonyl (C=O) groups excluding carboxylic acids is 2. The summed E-state index contributed by atoms with van der Waals surface area (Å²) in [6.07, 6.45) is 5.22. The molecular weight excluding hydrogens is 512 g/mol. The summed E-state index contributed by atoms with van der Waals surface area (Å²) < 4.78 is 23.1. The largest absolute Gasteiger partial charge is 0.466 e. The SMILES string of the molecule is C=C1[C@@H](C(=O)OCC)C(C)(C)[C@](O)(/C=C/C(=O)CC/C=C(\C)COC(C)OCC)C[C@@H]1O[Si](C)(C)C(C)(C)C. The van der Waals surface area contributed by atoms with Crippen molar-refractivity contribution < 1.29 is 33.3 Å². The molecule has 0 aromatic heterocycles. The molecule has 8 heteroatoms. The fraction of sp³-hybridized carbons (Fsp3) is 0.742. The van der Waals surface area contributed by atoms with Crippen molar-refractivity contribution in [2.75, 3.05) is 19.8 Å². The van der Waals surface area contributed by atoms with E-state index in [1.807, 2.05) is 40.7 Å². The first-order valence-corrected chi connectivity index (χ1v) is 17.1. The molecule has 0 spiro atoms. The summed E-state index contributed by atoms with van der Waals surface area (Å²) in [4.78, 5) is 25.9. The number of ketones is 1. The van der Waals surface area contributed by atoms with Crippen LogP contribution in [-0.4, -0.2) is 63.0 Å². The van der Waals surface area contributed by atoms with Gasteiger partial charge in [-0.15, -0.1) is 0 Å². The molecule has 1 aliphatic carbocycles. The van der Waals surface area contributed by atoms with E-state index < -0.39 is 37.3 Å². The number of ether oxygens (including phenoxy) is 3. The first-order valence-electron chi connectivity index (χ1n) is 14.2. The van der Waals surface area contributed by atoms with E-state index in [9.17, 15) is 14.7 Å². The van der Waals surface area contributed by atoms with Crippen LogP contribution in [0.5, 0.6) is 0 Å². The standard InChI is InChI=1S/C31H54O7Si/c1-13-35-24(5)37-21-22(3)16-15-17-25(32)18-19-31(34)20-26(38-39(11,12)29(6,7)8)23(4)27(30(31,9)10)28(33)36-14-2/h16,18-19,24,26-27,34H,4,13-15,17,20-21H2,1-3,5-12H3/b19-18+,22-16+/t24?,26-,27-,31-/m0/s1. The summed E-state index contributed by atoms with van der Waals surface area (Å²) in [6.45, 7) is 27.4. The zero-order valence-electron chi connectivity index (χ0n) is 26.3. The maximum Gasteiger partial charge on any atom is 0.313 e. The topological polar surface area (TPSA) is 91.3 Å². The predicted octanol–water partition coefficient (Wildman–Crippen LogP) is 6.52. The van der Waals surface area contributed by atoms with Gasteiger partial charge in [0.05, 0.1) is 30.8 Å². The van der Waals surface area contributed by atoms with Gasteiger partial charge in [-0.05, 0) is 70.0 Å². The van der Waals surface area contributed by atoms with Crippen LogP contribution in [0.3, 0.4) is 0 Å². The first kappa shape index (κ1) is 35.4. The van der Waals surface area contributed by atoms with Crippen LogP contribution in [0.1, 0.15) is 81.6 Å². The van der Waals surface area contributed by atoms with E-state index in [0.717, 1.165) is 5.57 Å². The van der Waals surface area contributed by atoms with Gasteiger partial charge < -0.3 is 23.7 Å². The van der Waals surface area contributed by atoms with Gasteiger partial charge in [-0.2, -0.15) is 0 Å². The fourth-order valence-electron chi connectivity index (χ4n) is 4.55. The molecule has 1 N–H and O–H groups in total. The molecule has 224 valence electrons. The van der Waals surface area contributed by atoms with E-state index in [-0.39, 0.29) is 30.1 Å². The van der Waals surface area contributed by atoms with Gasteiger partial charge in [-0.25, -0.2) is 0 Å². The molecular formula is C31H54O7Si. The second-order valence-corrected chi connectivity index (χ2v) is 17.5. The average Bonchev–Trinajstić information content (AvgIpc) is 2.79. The Labute approximate surface area is 238 Å². The maximum atomic E-state index is 13.1. The van der Waals surface area contributed by atoms with Crippen LogP contribution in [0.2, 0.25) is 18.1 Å². The minimum absolute atomic E-state index is 0.0681. The molecule has 39 heavy (non-hydrogen) atoms. The summed E-state index contributed by atoms with van der Waals surface area (Å²) in [5.74, 6) is -1.32. The highest BCUT2D eigenvalue weighted by Crippen LogP contribution is 2.53. The van der Waals surface area contributed by atoms with Gasteiger partial charge in [-0.3, -0.25) is 9.59 Å². The Bertz CT molecular complexity index is 912. The van der Waals surface area contributed by atoms with E-state index in [1.54, 1.807) is 13.0 Å². The van der Waals surface area contributed by atoms with Crippen molar-refractivity contribution in [1.29, 1.82) is 0 Å². The fourth-order valence-corrected chi connectivity index (χ4v) is 5.85. The lowest BCUT2D eigenvalue weighted by atomic mass is 9.57. The van der Waals surface area contributed by atoms with Gasteiger partial charge in [0.2, 0.25) is 0 Å². The minimum atomic E-state index is -2.26. The van der Waals surface area contributed by atoms with Crippen molar-refractivity contribution in [3.05, 3.63) is 36.0 Å². The van der Waals surface area contributed by atoms with E-state index in [0.29, 0.717) is 31.6 Å². The highest BCUT2D eigenvalue weighted by Gasteiger charge is 2.58. The minimum Gasteiger partial charge on any atom is -0.466 e. The molecule has 0 amide bonds. The first-order chi connectivity index (χ1) is 17.8. The van der Waals surface area contributed by atoms with Crippen LogP contribution in [-0.2, 0) is 28.2 Å². The Hall–Kier alpha value is -1.58. The highest BCUT2D eigenvalue weighted by atomic mass is 28.4. The van der Waals surface area contributed by atoms with Crippen molar-refractivity contribution in [3.8, 4) is 0 Å². The second kappa shape index (κ2) is 14.4. The molecule has 0 aromatic rings. The molecule has 0 saturated heterocycles. The van der Waals surface area contributed by atoms with Crippen molar-refractivity contribution in [2.45, 2.75) is 118 Å². The maximum absolute atomic E-state index is 13.1. The Morgan fingerprint density at radius 1 is 1.18 bits per heavy atom. The quantitative estimate of drug-likeness (QED) is 0.0841. The lowest BCUT2D eigenvalue weighted by molar-refractivity contribution is -0.164. The number of esters is 1. The molecule has 1 fully saturated rings. The number of carbonyl (C=O) groups is 2. The van der Waals surface area contributed by atoms with Gasteiger partial charge in [0.15, 0.2) is 20.4 Å². The van der Waals surface area contributed by atoms with Gasteiger partial charge >= 0.3 is 5.97 Å². The molecule has 1 unspecified atom stereocenters. The average molecular weight is 567 g/mol. The van der Waals surface area contributed by atoms with Gasteiger partial charge in [0.25, 0.3) is 0 Å². The van der Waals surface area contributed by atoms with Crippen molar-refractivity contribution in [2.24, 2.45) is 11.3 Å². The van der Waals surface area contributed by atoms with Crippen molar-refractivity contribution >= 4 is 20.1 Å². The molecule has 0 heterocycles. The van der Waals surface area contributed by atoms with Gasteiger partial charge in [-0.1, -0.05) is 52.8 Å². The predicted molar refractivity (Wildman–Crippen MR) is 159 cm³/mol. The van der Waals surface area contributed by atoms with E-state index in [1.165, 1.54) is 6.08 Å². The molecule has 7 nitrogen and oxygen atoms in total. The zero-order chi connectivity index (χ0) is 30.2. The third-order valence-corrected chi connectivity index (χ3v) is 12.7. The Balaban J connectivity index is 3.13. The lowest BCUT2D eigenvalue weighted by Gasteiger charge is -2.54. The number of allylic oxidation sites excluding steroid dienone is 2. The number of rotatable bonds is 14. The van der Waals surface area contributed by atoms with Gasteiger partial charge in [0.1, 0.15) is 0 Å². The molecule has 1 aliphatic rings. The Morgan fingerprint density at radius 3 is 2.33 bits per heavy atom. The number of hydrogen-bond acceptors (Lipinski definition) is 7. The summed E-state index contributed by atoms with van der Waals surface area (Å²) in [6, 6.07) is 0. The van der Waals surface area contributed by atoms with Crippen molar-refractivity contribution in [3.63, 3.8) is 0 Å².